The minimum Gasteiger partial charge on any atom is -0.481 e. The van der Waals surface area contributed by atoms with E-state index in [-0.39, 0.29) is 12.3 Å². The number of amides is 1. The minimum absolute atomic E-state index is 0.0264. The van der Waals surface area contributed by atoms with Crippen molar-refractivity contribution >= 4 is 11.9 Å². The van der Waals surface area contributed by atoms with E-state index >= 15 is 0 Å². The molecule has 2 unspecified atom stereocenters. The molecule has 0 spiro atoms. The summed E-state index contributed by atoms with van der Waals surface area (Å²) >= 11 is 0. The van der Waals surface area contributed by atoms with Gasteiger partial charge in [0.05, 0.1) is 24.3 Å². The summed E-state index contributed by atoms with van der Waals surface area (Å²) in [6.45, 7) is 3.34. The van der Waals surface area contributed by atoms with E-state index in [9.17, 15) is 14.7 Å². The second kappa shape index (κ2) is 6.04. The molecule has 1 aromatic rings. The predicted molar refractivity (Wildman–Crippen MR) is 70.0 cm³/mol. The molecular formula is C13H19N3O4. The number of rotatable bonds is 6. The molecule has 1 N–H and O–H groups in total. The van der Waals surface area contributed by atoms with Crippen LogP contribution in [0.15, 0.2) is 12.3 Å². The Kier molecular flexibility index (Phi) is 4.39. The van der Waals surface area contributed by atoms with Crippen molar-refractivity contribution in [3.05, 3.63) is 18.0 Å². The van der Waals surface area contributed by atoms with E-state index in [1.165, 1.54) is 0 Å². The molecular weight excluding hydrogens is 262 g/mol. The summed E-state index contributed by atoms with van der Waals surface area (Å²) in [6, 6.07) is 1.31. The van der Waals surface area contributed by atoms with E-state index in [4.69, 9.17) is 4.74 Å². The quantitative estimate of drug-likeness (QED) is 0.822. The number of aromatic nitrogens is 2. The Morgan fingerprint density at radius 1 is 1.60 bits per heavy atom. The molecule has 7 nitrogen and oxygen atoms in total. The molecule has 1 amide bonds. The number of hydrogen-bond acceptors (Lipinski definition) is 4. The number of carboxylic acid groups (broad SMARTS) is 1. The Hall–Kier alpha value is -1.89. The number of ether oxygens (including phenoxy) is 1. The zero-order chi connectivity index (χ0) is 14.7. The molecule has 110 valence electrons. The first kappa shape index (κ1) is 14.5. The fraction of sp³-hybridized carbons (Fsp3) is 0.615. The molecule has 20 heavy (non-hydrogen) atoms. The molecule has 0 aliphatic carbocycles. The maximum Gasteiger partial charge on any atom is 0.309 e. The number of aliphatic carboxylic acids is 1. The maximum absolute atomic E-state index is 12.1. The number of aryl methyl sites for hydroxylation is 1. The summed E-state index contributed by atoms with van der Waals surface area (Å²) < 4.78 is 6.74. The molecule has 1 aliphatic heterocycles. The third-order valence-electron chi connectivity index (χ3n) is 3.64. The van der Waals surface area contributed by atoms with Crippen molar-refractivity contribution in [3.63, 3.8) is 0 Å². The first-order valence-electron chi connectivity index (χ1n) is 6.63. The zero-order valence-electron chi connectivity index (χ0n) is 11.7. The average Bonchev–Trinajstić information content (AvgIpc) is 3.00. The second-order valence-corrected chi connectivity index (χ2v) is 4.75. The molecule has 2 heterocycles. The number of nitrogens with zero attached hydrogens (tertiary/aromatic N) is 3. The van der Waals surface area contributed by atoms with Crippen molar-refractivity contribution in [3.8, 4) is 0 Å². The van der Waals surface area contributed by atoms with E-state index in [1.807, 2.05) is 6.92 Å². The number of methoxy groups -OCH3 is 1. The molecule has 7 heteroatoms. The Morgan fingerprint density at radius 3 is 2.95 bits per heavy atom. The van der Waals surface area contributed by atoms with Crippen molar-refractivity contribution in [2.24, 2.45) is 5.92 Å². The van der Waals surface area contributed by atoms with Gasteiger partial charge in [-0.25, -0.2) is 0 Å². The summed E-state index contributed by atoms with van der Waals surface area (Å²) in [5.74, 6) is -1.84. The minimum atomic E-state index is -0.952. The first-order chi connectivity index (χ1) is 9.60. The Balaban J connectivity index is 2.35. The van der Waals surface area contributed by atoms with E-state index in [0.717, 1.165) is 5.69 Å². The lowest BCUT2D eigenvalue weighted by Crippen LogP contribution is -2.34. The van der Waals surface area contributed by atoms with Crippen LogP contribution in [0.4, 0.5) is 0 Å². The lowest BCUT2D eigenvalue weighted by Gasteiger charge is -2.27. The molecule has 1 aromatic heterocycles. The van der Waals surface area contributed by atoms with Gasteiger partial charge in [-0.3, -0.25) is 14.3 Å². The fourth-order valence-electron chi connectivity index (χ4n) is 2.69. The van der Waals surface area contributed by atoms with Gasteiger partial charge in [0.2, 0.25) is 5.91 Å². The first-order valence-corrected chi connectivity index (χ1v) is 6.63. The van der Waals surface area contributed by atoms with Crippen LogP contribution < -0.4 is 0 Å². The number of carboxylic acids is 1. The molecule has 1 saturated heterocycles. The van der Waals surface area contributed by atoms with Crippen molar-refractivity contribution < 1.29 is 19.4 Å². The summed E-state index contributed by atoms with van der Waals surface area (Å²) in [5, 5.41) is 13.5. The van der Waals surface area contributed by atoms with Gasteiger partial charge in [0, 0.05) is 32.8 Å². The van der Waals surface area contributed by atoms with Gasteiger partial charge in [-0.1, -0.05) is 0 Å². The van der Waals surface area contributed by atoms with E-state index in [2.05, 4.69) is 5.10 Å². The lowest BCUT2D eigenvalue weighted by atomic mass is 9.97. The number of hydrogen-bond donors (Lipinski definition) is 1. The molecule has 1 fully saturated rings. The van der Waals surface area contributed by atoms with Crippen LogP contribution in [-0.2, 0) is 20.9 Å². The molecule has 0 aromatic carbocycles. The fourth-order valence-corrected chi connectivity index (χ4v) is 2.69. The van der Waals surface area contributed by atoms with Crippen molar-refractivity contribution in [1.29, 1.82) is 0 Å². The highest BCUT2D eigenvalue weighted by molar-refractivity contribution is 5.87. The van der Waals surface area contributed by atoms with Crippen LogP contribution in [0.5, 0.6) is 0 Å². The summed E-state index contributed by atoms with van der Waals surface area (Å²) in [4.78, 5) is 25.1. The molecule has 1 aliphatic rings. The van der Waals surface area contributed by atoms with Gasteiger partial charge in [0.25, 0.3) is 0 Å². The van der Waals surface area contributed by atoms with Gasteiger partial charge in [0.1, 0.15) is 0 Å². The largest absolute Gasteiger partial charge is 0.481 e. The van der Waals surface area contributed by atoms with E-state index < -0.39 is 17.9 Å². The summed E-state index contributed by atoms with van der Waals surface area (Å²) in [6.07, 6.45) is 1.66. The highest BCUT2D eigenvalue weighted by Gasteiger charge is 2.45. The van der Waals surface area contributed by atoms with Crippen LogP contribution in [0.2, 0.25) is 0 Å². The highest BCUT2D eigenvalue weighted by atomic mass is 16.5. The van der Waals surface area contributed by atoms with Crippen molar-refractivity contribution in [2.75, 3.05) is 20.3 Å². The third kappa shape index (κ3) is 2.53. The van der Waals surface area contributed by atoms with Crippen LogP contribution >= 0.6 is 0 Å². The van der Waals surface area contributed by atoms with Gasteiger partial charge >= 0.3 is 5.97 Å². The summed E-state index contributed by atoms with van der Waals surface area (Å²) in [5.41, 5.74) is 0.766. The van der Waals surface area contributed by atoms with Crippen molar-refractivity contribution in [2.45, 2.75) is 25.9 Å². The van der Waals surface area contributed by atoms with Crippen molar-refractivity contribution in [1.82, 2.24) is 14.7 Å². The zero-order valence-corrected chi connectivity index (χ0v) is 11.7. The standard InChI is InChI=1S/C13H19N3O4/c1-3-16-10(4-5-14-16)12-9(13(18)19)8-11(17)15(12)6-7-20-2/h4-5,9,12H,3,6-8H2,1-2H3,(H,18,19). The SMILES string of the molecule is CCn1nccc1C1C(C(=O)O)CC(=O)N1CCOC. The smallest absolute Gasteiger partial charge is 0.309 e. The van der Waals surface area contributed by atoms with E-state index in [1.54, 1.807) is 29.0 Å². The molecule has 0 bridgehead atoms. The maximum atomic E-state index is 12.1. The van der Waals surface area contributed by atoms with Gasteiger partial charge in [-0.2, -0.15) is 5.10 Å². The monoisotopic (exact) mass is 281 g/mol. The van der Waals surface area contributed by atoms with Crippen LogP contribution in [0.1, 0.15) is 25.1 Å². The average molecular weight is 281 g/mol. The van der Waals surface area contributed by atoms with Crippen LogP contribution in [0.3, 0.4) is 0 Å². The number of likely N-dealkylation sites (tertiary alicyclic amines) is 1. The molecule has 0 saturated carbocycles. The molecule has 0 radical (unpaired) electrons. The van der Waals surface area contributed by atoms with Crippen LogP contribution in [-0.4, -0.2) is 51.9 Å². The van der Waals surface area contributed by atoms with Gasteiger partial charge in [-0.15, -0.1) is 0 Å². The molecule has 2 rings (SSSR count). The third-order valence-corrected chi connectivity index (χ3v) is 3.64. The van der Waals surface area contributed by atoms with Gasteiger partial charge < -0.3 is 14.7 Å². The summed E-state index contributed by atoms with van der Waals surface area (Å²) in [7, 11) is 1.56. The van der Waals surface area contributed by atoms with Crippen LogP contribution in [0.25, 0.3) is 0 Å². The van der Waals surface area contributed by atoms with Crippen LogP contribution in [0, 0.1) is 5.92 Å². The Labute approximate surface area is 117 Å². The normalized spacial score (nSPS) is 22.5. The van der Waals surface area contributed by atoms with Gasteiger partial charge in [0.15, 0.2) is 0 Å². The van der Waals surface area contributed by atoms with Gasteiger partial charge in [-0.05, 0) is 13.0 Å². The predicted octanol–water partition coefficient (Wildman–Crippen LogP) is 0.524. The highest BCUT2D eigenvalue weighted by Crippen LogP contribution is 2.37. The molecule has 2 atom stereocenters. The lowest BCUT2D eigenvalue weighted by molar-refractivity contribution is -0.142. The van der Waals surface area contributed by atoms with E-state index in [0.29, 0.717) is 19.7 Å². The Morgan fingerprint density at radius 2 is 2.35 bits per heavy atom. The second-order valence-electron chi connectivity index (χ2n) is 4.75. The Bertz CT molecular complexity index is 500. The number of carbonyl (C=O) groups excluding carboxylic acids is 1. The topological polar surface area (TPSA) is 84.7 Å². The number of carbonyl (C=O) groups is 2.